The van der Waals surface area contributed by atoms with Gasteiger partial charge in [-0.05, 0) is 37.6 Å². The number of benzene rings is 1. The lowest BCUT2D eigenvalue weighted by molar-refractivity contribution is 0.0946. The van der Waals surface area contributed by atoms with Crippen LogP contribution in [-0.2, 0) is 0 Å². The van der Waals surface area contributed by atoms with Gasteiger partial charge in [0.15, 0.2) is 0 Å². The first-order valence-corrected chi connectivity index (χ1v) is 6.65. The zero-order valence-electron chi connectivity index (χ0n) is 11.5. The second-order valence-electron chi connectivity index (χ2n) is 4.44. The number of nitrogens with one attached hydrogen (secondary N) is 1. The first kappa shape index (κ1) is 14.1. The second-order valence-corrected chi connectivity index (χ2v) is 4.44. The van der Waals surface area contributed by atoms with Crippen LogP contribution in [0.2, 0.25) is 0 Å². The number of hydrogen-bond donors (Lipinski definition) is 1. The Labute approximate surface area is 118 Å². The smallest absolute Gasteiger partial charge is 0.269 e. The largest absolute Gasteiger partial charge is 0.494 e. The molecule has 0 saturated carbocycles. The van der Waals surface area contributed by atoms with Crippen LogP contribution in [0.1, 0.15) is 22.6 Å². The van der Waals surface area contributed by atoms with Crippen molar-refractivity contribution in [2.24, 2.45) is 0 Å². The van der Waals surface area contributed by atoms with Gasteiger partial charge in [0.2, 0.25) is 0 Å². The fourth-order valence-electron chi connectivity index (χ4n) is 1.74. The molecule has 0 aliphatic rings. The molecule has 2 rings (SSSR count). The van der Waals surface area contributed by atoms with Crippen LogP contribution in [0.15, 0.2) is 48.5 Å². The van der Waals surface area contributed by atoms with E-state index in [1.165, 1.54) is 0 Å². The van der Waals surface area contributed by atoms with E-state index in [9.17, 15) is 4.79 Å². The first-order chi connectivity index (χ1) is 9.75. The number of amides is 1. The van der Waals surface area contributed by atoms with Crippen molar-refractivity contribution in [3.63, 3.8) is 0 Å². The minimum atomic E-state index is -0.145. The van der Waals surface area contributed by atoms with Gasteiger partial charge in [0.25, 0.3) is 5.91 Å². The van der Waals surface area contributed by atoms with Crippen molar-refractivity contribution in [1.29, 1.82) is 0 Å². The topological polar surface area (TPSA) is 51.2 Å². The third kappa shape index (κ3) is 4.39. The predicted molar refractivity (Wildman–Crippen MR) is 77.9 cm³/mol. The molecule has 0 fully saturated rings. The van der Waals surface area contributed by atoms with Crippen LogP contribution in [0, 0.1) is 6.92 Å². The molecule has 1 aromatic carbocycles. The first-order valence-electron chi connectivity index (χ1n) is 6.65. The number of para-hydroxylation sites is 1. The zero-order chi connectivity index (χ0) is 14.2. The molecule has 1 amide bonds. The number of rotatable bonds is 6. The molecule has 0 bridgehead atoms. The van der Waals surface area contributed by atoms with Gasteiger partial charge >= 0.3 is 0 Å². The van der Waals surface area contributed by atoms with Crippen molar-refractivity contribution in [3.8, 4) is 5.75 Å². The van der Waals surface area contributed by atoms with E-state index >= 15 is 0 Å². The number of pyridine rings is 1. The Morgan fingerprint density at radius 1 is 1.15 bits per heavy atom. The molecular weight excluding hydrogens is 252 g/mol. The molecule has 4 nitrogen and oxygen atoms in total. The summed E-state index contributed by atoms with van der Waals surface area (Å²) in [6.07, 6.45) is 0.756. The number of carbonyl (C=O) groups excluding carboxylic acids is 1. The Morgan fingerprint density at radius 2 is 1.95 bits per heavy atom. The number of ether oxygens (including phenoxy) is 1. The van der Waals surface area contributed by atoms with Gasteiger partial charge in [-0.25, -0.2) is 4.98 Å². The van der Waals surface area contributed by atoms with Gasteiger partial charge in [0.05, 0.1) is 6.61 Å². The Hall–Kier alpha value is -2.36. The van der Waals surface area contributed by atoms with Crippen LogP contribution in [0.3, 0.4) is 0 Å². The summed E-state index contributed by atoms with van der Waals surface area (Å²) in [7, 11) is 0. The van der Waals surface area contributed by atoms with Crippen molar-refractivity contribution < 1.29 is 9.53 Å². The summed E-state index contributed by atoms with van der Waals surface area (Å²) >= 11 is 0. The molecule has 0 radical (unpaired) electrons. The van der Waals surface area contributed by atoms with Crippen molar-refractivity contribution in [1.82, 2.24) is 10.3 Å². The van der Waals surface area contributed by atoms with Crippen LogP contribution in [-0.4, -0.2) is 24.0 Å². The summed E-state index contributed by atoms with van der Waals surface area (Å²) in [6, 6.07) is 15.0. The van der Waals surface area contributed by atoms with Crippen LogP contribution in [0.25, 0.3) is 0 Å². The maximum atomic E-state index is 11.8. The molecule has 20 heavy (non-hydrogen) atoms. The van der Waals surface area contributed by atoms with Crippen molar-refractivity contribution in [2.75, 3.05) is 13.2 Å². The number of aryl methyl sites for hydroxylation is 1. The zero-order valence-corrected chi connectivity index (χ0v) is 11.5. The highest BCUT2D eigenvalue weighted by Gasteiger charge is 2.05. The molecular formula is C16H18N2O2. The molecule has 1 heterocycles. The van der Waals surface area contributed by atoms with E-state index in [-0.39, 0.29) is 5.91 Å². The molecule has 0 spiro atoms. The fourth-order valence-corrected chi connectivity index (χ4v) is 1.74. The SMILES string of the molecule is Cc1cccc(C(=O)NCCCOc2ccccc2)n1. The molecule has 0 unspecified atom stereocenters. The monoisotopic (exact) mass is 270 g/mol. The summed E-state index contributed by atoms with van der Waals surface area (Å²) < 4.78 is 5.55. The lowest BCUT2D eigenvalue weighted by Gasteiger charge is -2.07. The molecule has 1 N–H and O–H groups in total. The van der Waals surface area contributed by atoms with Gasteiger partial charge in [-0.3, -0.25) is 4.79 Å². The van der Waals surface area contributed by atoms with E-state index in [2.05, 4.69) is 10.3 Å². The normalized spacial score (nSPS) is 10.1. The number of hydrogen-bond acceptors (Lipinski definition) is 3. The van der Waals surface area contributed by atoms with Gasteiger partial charge in [-0.2, -0.15) is 0 Å². The average molecular weight is 270 g/mol. The average Bonchev–Trinajstić information content (AvgIpc) is 2.48. The molecule has 0 atom stereocenters. The fraction of sp³-hybridized carbons (Fsp3) is 0.250. The van der Waals surface area contributed by atoms with Crippen LogP contribution in [0.5, 0.6) is 5.75 Å². The Kier molecular flexibility index (Phi) is 5.12. The van der Waals surface area contributed by atoms with Gasteiger partial charge < -0.3 is 10.1 Å². The van der Waals surface area contributed by atoms with Crippen LogP contribution >= 0.6 is 0 Å². The second kappa shape index (κ2) is 7.28. The minimum absolute atomic E-state index is 0.145. The van der Waals surface area contributed by atoms with Gasteiger partial charge in [0.1, 0.15) is 11.4 Å². The van der Waals surface area contributed by atoms with Gasteiger partial charge in [-0.1, -0.05) is 24.3 Å². The standard InChI is InChI=1S/C16H18N2O2/c1-13-7-5-10-15(18-13)16(19)17-11-6-12-20-14-8-3-2-4-9-14/h2-5,7-10H,6,11-12H2,1H3,(H,17,19). The van der Waals surface area contributed by atoms with E-state index < -0.39 is 0 Å². The highest BCUT2D eigenvalue weighted by molar-refractivity contribution is 5.92. The van der Waals surface area contributed by atoms with Crippen molar-refractivity contribution in [2.45, 2.75) is 13.3 Å². The summed E-state index contributed by atoms with van der Waals surface area (Å²) in [5.41, 5.74) is 1.29. The number of aromatic nitrogens is 1. The molecule has 0 aliphatic heterocycles. The highest BCUT2D eigenvalue weighted by atomic mass is 16.5. The summed E-state index contributed by atoms with van der Waals surface area (Å²) in [6.45, 7) is 3.01. The predicted octanol–water partition coefficient (Wildman–Crippen LogP) is 2.59. The summed E-state index contributed by atoms with van der Waals surface area (Å²) in [5, 5.41) is 2.83. The molecule has 4 heteroatoms. The maximum absolute atomic E-state index is 11.8. The van der Waals surface area contributed by atoms with E-state index in [1.54, 1.807) is 6.07 Å². The molecule has 2 aromatic rings. The van der Waals surface area contributed by atoms with E-state index in [0.717, 1.165) is 17.9 Å². The lowest BCUT2D eigenvalue weighted by Crippen LogP contribution is -2.26. The highest BCUT2D eigenvalue weighted by Crippen LogP contribution is 2.08. The Bertz CT molecular complexity index is 555. The molecule has 0 saturated heterocycles. The Balaban J connectivity index is 1.67. The molecule has 104 valence electrons. The number of carbonyl (C=O) groups is 1. The van der Waals surface area contributed by atoms with E-state index in [1.807, 2.05) is 49.4 Å². The van der Waals surface area contributed by atoms with Crippen molar-refractivity contribution >= 4 is 5.91 Å². The third-order valence-corrected chi connectivity index (χ3v) is 2.74. The Morgan fingerprint density at radius 3 is 2.70 bits per heavy atom. The van der Waals surface area contributed by atoms with Crippen LogP contribution in [0.4, 0.5) is 0 Å². The van der Waals surface area contributed by atoms with E-state index in [0.29, 0.717) is 18.8 Å². The molecule has 1 aromatic heterocycles. The molecule has 0 aliphatic carbocycles. The third-order valence-electron chi connectivity index (χ3n) is 2.74. The lowest BCUT2D eigenvalue weighted by atomic mass is 10.3. The van der Waals surface area contributed by atoms with E-state index in [4.69, 9.17) is 4.74 Å². The van der Waals surface area contributed by atoms with Crippen molar-refractivity contribution in [3.05, 3.63) is 59.9 Å². The summed E-state index contributed by atoms with van der Waals surface area (Å²) in [5.74, 6) is 0.701. The minimum Gasteiger partial charge on any atom is -0.494 e. The summed E-state index contributed by atoms with van der Waals surface area (Å²) in [4.78, 5) is 16.0. The number of nitrogens with zero attached hydrogens (tertiary/aromatic N) is 1. The maximum Gasteiger partial charge on any atom is 0.269 e. The van der Waals surface area contributed by atoms with Gasteiger partial charge in [-0.15, -0.1) is 0 Å². The quantitative estimate of drug-likeness (QED) is 0.821. The van der Waals surface area contributed by atoms with Crippen LogP contribution < -0.4 is 10.1 Å². The van der Waals surface area contributed by atoms with Gasteiger partial charge in [0, 0.05) is 12.2 Å².